The molecule has 0 bridgehead atoms. The van der Waals surface area contributed by atoms with Crippen molar-refractivity contribution in [2.24, 2.45) is 5.92 Å². The third kappa shape index (κ3) is 3.45. The second kappa shape index (κ2) is 5.37. The van der Waals surface area contributed by atoms with Crippen LogP contribution >= 0.6 is 0 Å². The van der Waals surface area contributed by atoms with Crippen molar-refractivity contribution >= 4 is 11.9 Å². The van der Waals surface area contributed by atoms with Crippen molar-refractivity contribution in [1.29, 1.82) is 0 Å². The molecule has 1 saturated carbocycles. The first-order valence-corrected chi connectivity index (χ1v) is 6.47. The number of rotatable bonds is 4. The van der Waals surface area contributed by atoms with Crippen molar-refractivity contribution in [3.05, 3.63) is 0 Å². The lowest BCUT2D eigenvalue weighted by atomic mass is 10.1. The minimum Gasteiger partial charge on any atom is -0.461 e. The van der Waals surface area contributed by atoms with E-state index in [9.17, 15) is 0 Å². The third-order valence-electron chi connectivity index (χ3n) is 3.00. The summed E-state index contributed by atoms with van der Waals surface area (Å²) in [5, 5.41) is 3.30. The van der Waals surface area contributed by atoms with E-state index < -0.39 is 0 Å². The first kappa shape index (κ1) is 12.9. The normalized spacial score (nSPS) is 23.3. The predicted molar refractivity (Wildman–Crippen MR) is 70.4 cm³/mol. The van der Waals surface area contributed by atoms with Crippen LogP contribution in [0.25, 0.3) is 0 Å². The van der Waals surface area contributed by atoms with E-state index in [4.69, 9.17) is 10.5 Å². The van der Waals surface area contributed by atoms with Crippen LogP contribution in [0.3, 0.4) is 0 Å². The third-order valence-corrected chi connectivity index (χ3v) is 3.00. The molecular weight excluding hydrogens is 230 g/mol. The van der Waals surface area contributed by atoms with Gasteiger partial charge in [-0.2, -0.15) is 15.0 Å². The van der Waals surface area contributed by atoms with Gasteiger partial charge in [0.25, 0.3) is 0 Å². The monoisotopic (exact) mass is 251 g/mol. The lowest BCUT2D eigenvalue weighted by molar-refractivity contribution is 0.222. The highest BCUT2D eigenvalue weighted by atomic mass is 16.5. The molecule has 1 aromatic heterocycles. The van der Waals surface area contributed by atoms with Gasteiger partial charge in [0.15, 0.2) is 0 Å². The highest BCUT2D eigenvalue weighted by molar-refractivity contribution is 5.33. The fraction of sp³-hybridized carbons (Fsp3) is 0.750. The smallest absolute Gasteiger partial charge is 0.323 e. The molecule has 0 spiro atoms. The van der Waals surface area contributed by atoms with Gasteiger partial charge < -0.3 is 15.8 Å². The number of hydrogen-bond acceptors (Lipinski definition) is 6. The van der Waals surface area contributed by atoms with Crippen LogP contribution < -0.4 is 15.8 Å². The summed E-state index contributed by atoms with van der Waals surface area (Å²) < 4.78 is 5.44. The fourth-order valence-electron chi connectivity index (χ4n) is 2.22. The van der Waals surface area contributed by atoms with Crippen LogP contribution in [0.1, 0.15) is 40.0 Å². The molecule has 2 unspecified atom stereocenters. The fourth-order valence-corrected chi connectivity index (χ4v) is 2.22. The maximum atomic E-state index is 5.65. The zero-order chi connectivity index (χ0) is 13.1. The van der Waals surface area contributed by atoms with Crippen LogP contribution in [0.2, 0.25) is 0 Å². The van der Waals surface area contributed by atoms with Gasteiger partial charge in [-0.25, -0.2) is 0 Å². The van der Waals surface area contributed by atoms with E-state index in [-0.39, 0.29) is 18.1 Å². The quantitative estimate of drug-likeness (QED) is 0.849. The van der Waals surface area contributed by atoms with Crippen molar-refractivity contribution in [2.75, 3.05) is 11.1 Å². The Morgan fingerprint density at radius 3 is 2.67 bits per heavy atom. The summed E-state index contributed by atoms with van der Waals surface area (Å²) in [6.45, 7) is 6.11. The van der Waals surface area contributed by atoms with Crippen LogP contribution in [-0.4, -0.2) is 27.1 Å². The van der Waals surface area contributed by atoms with Crippen LogP contribution in [0.15, 0.2) is 0 Å². The van der Waals surface area contributed by atoms with Gasteiger partial charge >= 0.3 is 6.01 Å². The van der Waals surface area contributed by atoms with Gasteiger partial charge in [0.1, 0.15) is 0 Å². The topological polar surface area (TPSA) is 86.0 Å². The second-order valence-corrected chi connectivity index (χ2v) is 5.23. The molecule has 1 heterocycles. The summed E-state index contributed by atoms with van der Waals surface area (Å²) in [5.41, 5.74) is 5.65. The van der Waals surface area contributed by atoms with E-state index in [1.54, 1.807) is 0 Å². The molecule has 6 heteroatoms. The summed E-state index contributed by atoms with van der Waals surface area (Å²) >= 11 is 0. The molecule has 2 atom stereocenters. The minimum absolute atomic E-state index is 0.0196. The Morgan fingerprint density at radius 1 is 1.28 bits per heavy atom. The van der Waals surface area contributed by atoms with E-state index in [1.807, 2.05) is 13.8 Å². The van der Waals surface area contributed by atoms with Crippen molar-refractivity contribution in [3.63, 3.8) is 0 Å². The van der Waals surface area contributed by atoms with Gasteiger partial charge in [0, 0.05) is 6.04 Å². The molecule has 0 amide bonds. The van der Waals surface area contributed by atoms with Crippen molar-refractivity contribution < 1.29 is 4.74 Å². The molecule has 6 nitrogen and oxygen atoms in total. The van der Waals surface area contributed by atoms with Crippen molar-refractivity contribution in [2.45, 2.75) is 52.2 Å². The van der Waals surface area contributed by atoms with Crippen LogP contribution in [0.4, 0.5) is 11.9 Å². The molecule has 0 aliphatic heterocycles. The molecule has 18 heavy (non-hydrogen) atoms. The van der Waals surface area contributed by atoms with Crippen molar-refractivity contribution in [1.82, 2.24) is 15.0 Å². The zero-order valence-electron chi connectivity index (χ0n) is 11.2. The molecule has 1 aliphatic rings. The number of anilines is 2. The largest absolute Gasteiger partial charge is 0.461 e. The Kier molecular flexibility index (Phi) is 3.84. The lowest BCUT2D eigenvalue weighted by Crippen LogP contribution is -2.19. The maximum Gasteiger partial charge on any atom is 0.323 e. The van der Waals surface area contributed by atoms with E-state index in [2.05, 4.69) is 27.2 Å². The number of nitrogens with zero attached hydrogens (tertiary/aromatic N) is 3. The number of nitrogens with one attached hydrogen (secondary N) is 1. The summed E-state index contributed by atoms with van der Waals surface area (Å²) in [6, 6.07) is 0.708. The molecule has 1 fully saturated rings. The van der Waals surface area contributed by atoms with Gasteiger partial charge in [0.2, 0.25) is 11.9 Å². The summed E-state index contributed by atoms with van der Waals surface area (Å²) in [7, 11) is 0. The molecule has 100 valence electrons. The molecule has 1 aliphatic carbocycles. The van der Waals surface area contributed by atoms with E-state index in [1.165, 1.54) is 6.42 Å². The molecule has 0 radical (unpaired) electrons. The molecule has 0 saturated heterocycles. The van der Waals surface area contributed by atoms with Gasteiger partial charge in [-0.15, -0.1) is 0 Å². The molecular formula is C12H21N5O. The Morgan fingerprint density at radius 2 is 2.06 bits per heavy atom. The average molecular weight is 251 g/mol. The summed E-state index contributed by atoms with van der Waals surface area (Å²) in [5.74, 6) is 1.46. The van der Waals surface area contributed by atoms with Crippen LogP contribution in [-0.2, 0) is 0 Å². The van der Waals surface area contributed by atoms with Gasteiger partial charge in [-0.05, 0) is 39.0 Å². The first-order chi connectivity index (χ1) is 8.52. The Hall–Kier alpha value is -1.59. The SMILES string of the molecule is CC1CCC(Nc2nc(N)nc(OC(C)C)n2)C1. The molecule has 2 rings (SSSR count). The summed E-state index contributed by atoms with van der Waals surface area (Å²) in [6.07, 6.45) is 3.55. The first-order valence-electron chi connectivity index (χ1n) is 6.47. The number of ether oxygens (including phenoxy) is 1. The minimum atomic E-state index is 0.0196. The van der Waals surface area contributed by atoms with Gasteiger partial charge in [-0.1, -0.05) is 6.92 Å². The predicted octanol–water partition coefficient (Wildman–Crippen LogP) is 1.84. The Bertz CT molecular complexity index is 409. The van der Waals surface area contributed by atoms with E-state index in [0.717, 1.165) is 18.8 Å². The van der Waals surface area contributed by atoms with Crippen molar-refractivity contribution in [3.8, 4) is 6.01 Å². The van der Waals surface area contributed by atoms with E-state index >= 15 is 0 Å². The zero-order valence-corrected chi connectivity index (χ0v) is 11.2. The van der Waals surface area contributed by atoms with Gasteiger partial charge in [0.05, 0.1) is 6.10 Å². The summed E-state index contributed by atoms with van der Waals surface area (Å²) in [4.78, 5) is 12.3. The number of nitrogen functional groups attached to an aromatic ring is 1. The van der Waals surface area contributed by atoms with Crippen LogP contribution in [0, 0.1) is 5.92 Å². The Balaban J connectivity index is 2.05. The molecule has 0 aromatic carbocycles. The lowest BCUT2D eigenvalue weighted by Gasteiger charge is -2.14. The second-order valence-electron chi connectivity index (χ2n) is 5.23. The Labute approximate surface area is 107 Å². The molecule has 1 aromatic rings. The number of hydrogen-bond donors (Lipinski definition) is 2. The maximum absolute atomic E-state index is 5.65. The highest BCUT2D eigenvalue weighted by Gasteiger charge is 2.22. The average Bonchev–Trinajstić information content (AvgIpc) is 2.61. The molecule has 3 N–H and O–H groups in total. The highest BCUT2D eigenvalue weighted by Crippen LogP contribution is 2.26. The number of aromatic nitrogens is 3. The number of nitrogens with two attached hydrogens (primary N) is 1. The van der Waals surface area contributed by atoms with Gasteiger partial charge in [-0.3, -0.25) is 0 Å². The standard InChI is InChI=1S/C12H21N5O/c1-7(2)18-12-16-10(13)15-11(17-12)14-9-5-4-8(3)6-9/h7-9H,4-6H2,1-3H3,(H3,13,14,15,16,17). The van der Waals surface area contributed by atoms with Crippen LogP contribution in [0.5, 0.6) is 6.01 Å². The van der Waals surface area contributed by atoms with E-state index in [0.29, 0.717) is 12.0 Å².